The monoisotopic (exact) mass is 541 g/mol. The number of hydrogen-bond acceptors (Lipinski definition) is 7. The molecule has 4 aromatic rings. The van der Waals surface area contributed by atoms with Gasteiger partial charge in [0.1, 0.15) is 11.5 Å². The normalized spacial score (nSPS) is 12.7. The Hall–Kier alpha value is -3.35. The Morgan fingerprint density at radius 3 is 1.92 bits per heavy atom. The largest absolute Gasteiger partial charge is 0.457 e. The van der Waals surface area contributed by atoms with Gasteiger partial charge in [-0.2, -0.15) is 16.8 Å². The summed E-state index contributed by atoms with van der Waals surface area (Å²) in [5.74, 6) is 0.657. The van der Waals surface area contributed by atoms with Crippen molar-refractivity contribution in [1.29, 1.82) is 0 Å². The first-order chi connectivity index (χ1) is 17.0. The van der Waals surface area contributed by atoms with Crippen molar-refractivity contribution < 1.29 is 30.7 Å². The smallest absolute Gasteiger partial charge is 0.294 e. The highest BCUT2D eigenvalue weighted by atomic mass is 32.2. The van der Waals surface area contributed by atoms with Crippen molar-refractivity contribution in [2.24, 2.45) is 0 Å². The molecule has 0 saturated heterocycles. The fourth-order valence-electron chi connectivity index (χ4n) is 3.97. The molecule has 36 heavy (non-hydrogen) atoms. The van der Waals surface area contributed by atoms with Gasteiger partial charge in [-0.15, -0.1) is 0 Å². The van der Waals surface area contributed by atoms with Crippen LogP contribution in [0.5, 0.6) is 11.5 Å². The molecule has 0 spiro atoms. The molecule has 0 atom stereocenters. The molecule has 8 nitrogen and oxygen atoms in total. The molecule has 0 saturated carbocycles. The molecular formula is C25H19NO7S3. The molecule has 0 amide bonds. The number of hydrogen-bond donors (Lipinski definition) is 3. The first-order valence-corrected chi connectivity index (χ1v) is 14.2. The number of anilines is 1. The van der Waals surface area contributed by atoms with Crippen LogP contribution in [0.2, 0.25) is 0 Å². The maximum atomic E-state index is 12.0. The SMILES string of the molecule is Nc1ccc(Sc2ccc(Oc3cc(S(=O)(=O)O)cc4c3Cc3ccc(S(=O)(=O)O)cc3-4)cc2)cc1. The zero-order chi connectivity index (χ0) is 25.7. The van der Waals surface area contributed by atoms with Gasteiger partial charge in [-0.3, -0.25) is 9.11 Å². The van der Waals surface area contributed by atoms with E-state index in [0.717, 1.165) is 15.4 Å². The summed E-state index contributed by atoms with van der Waals surface area (Å²) in [5, 5.41) is 0. The molecule has 0 fully saturated rings. The van der Waals surface area contributed by atoms with Crippen LogP contribution in [0.3, 0.4) is 0 Å². The minimum atomic E-state index is -4.58. The lowest BCUT2D eigenvalue weighted by atomic mass is 10.1. The predicted octanol–water partition coefficient (Wildman–Crippen LogP) is 5.28. The van der Waals surface area contributed by atoms with Crippen LogP contribution in [-0.4, -0.2) is 25.9 Å². The number of rotatable bonds is 6. The fourth-order valence-corrected chi connectivity index (χ4v) is 5.81. The first-order valence-electron chi connectivity index (χ1n) is 10.5. The maximum Gasteiger partial charge on any atom is 0.294 e. The van der Waals surface area contributed by atoms with Crippen LogP contribution in [0.25, 0.3) is 11.1 Å². The van der Waals surface area contributed by atoms with Crippen molar-refractivity contribution in [3.8, 4) is 22.6 Å². The van der Waals surface area contributed by atoms with E-state index in [9.17, 15) is 25.9 Å². The Bertz CT molecular complexity index is 1700. The molecule has 1 aliphatic carbocycles. The average Bonchev–Trinajstić information content (AvgIpc) is 3.19. The van der Waals surface area contributed by atoms with Gasteiger partial charge in [0.2, 0.25) is 0 Å². The summed E-state index contributed by atoms with van der Waals surface area (Å²) in [6, 6.07) is 21.3. The second-order valence-corrected chi connectivity index (χ2v) is 12.1. The van der Waals surface area contributed by atoms with Crippen LogP contribution in [-0.2, 0) is 26.7 Å². The summed E-state index contributed by atoms with van der Waals surface area (Å²) >= 11 is 1.54. The van der Waals surface area contributed by atoms with Crippen molar-refractivity contribution >= 4 is 37.7 Å². The van der Waals surface area contributed by atoms with E-state index in [0.29, 0.717) is 34.5 Å². The molecule has 1 aliphatic rings. The van der Waals surface area contributed by atoms with E-state index in [-0.39, 0.29) is 10.6 Å². The maximum absolute atomic E-state index is 12.0. The van der Waals surface area contributed by atoms with Crippen LogP contribution in [0, 0.1) is 0 Å². The Labute approximate surface area is 212 Å². The molecular weight excluding hydrogens is 522 g/mol. The molecule has 11 heteroatoms. The van der Waals surface area contributed by atoms with E-state index >= 15 is 0 Å². The second-order valence-electron chi connectivity index (χ2n) is 8.14. The van der Waals surface area contributed by atoms with Crippen LogP contribution in [0.4, 0.5) is 5.69 Å². The highest BCUT2D eigenvalue weighted by molar-refractivity contribution is 7.99. The summed E-state index contributed by atoms with van der Waals surface area (Å²) < 4.78 is 72.4. The molecule has 0 bridgehead atoms. The standard InChI is InChI=1S/C25H19NO7S3/c26-16-2-6-18(7-3-16)34-19-8-4-17(5-9-19)33-25-14-21(36(30,31)32)13-23-22-12-20(35(27,28)29)10-1-15(22)11-24(23)25/h1-10,12-14H,11,26H2,(H,27,28,29)(H,30,31,32). The number of fused-ring (bicyclic) bond motifs is 3. The quantitative estimate of drug-likeness (QED) is 0.193. The van der Waals surface area contributed by atoms with Gasteiger partial charge in [-0.1, -0.05) is 17.8 Å². The van der Waals surface area contributed by atoms with Gasteiger partial charge in [0.25, 0.3) is 20.2 Å². The minimum absolute atomic E-state index is 0.212. The summed E-state index contributed by atoms with van der Waals surface area (Å²) in [7, 11) is -9.04. The predicted molar refractivity (Wildman–Crippen MR) is 136 cm³/mol. The summed E-state index contributed by atoms with van der Waals surface area (Å²) in [5.41, 5.74) is 8.60. The third kappa shape index (κ3) is 4.97. The molecule has 0 aliphatic heterocycles. The molecule has 4 aromatic carbocycles. The zero-order valence-corrected chi connectivity index (χ0v) is 20.9. The number of benzene rings is 4. The molecule has 0 heterocycles. The van der Waals surface area contributed by atoms with Gasteiger partial charge >= 0.3 is 0 Å². The van der Waals surface area contributed by atoms with Gasteiger partial charge < -0.3 is 10.5 Å². The van der Waals surface area contributed by atoms with E-state index in [4.69, 9.17) is 10.5 Å². The number of nitrogens with two attached hydrogens (primary N) is 1. The Kier molecular flexibility index (Phi) is 6.05. The molecule has 5 rings (SSSR count). The summed E-state index contributed by atoms with van der Waals surface area (Å²) in [6.07, 6.45) is 0.350. The van der Waals surface area contributed by atoms with E-state index in [1.54, 1.807) is 18.2 Å². The average molecular weight is 542 g/mol. The van der Waals surface area contributed by atoms with Crippen LogP contribution in [0.15, 0.2) is 98.4 Å². The molecule has 0 unspecified atom stereocenters. The fraction of sp³-hybridized carbons (Fsp3) is 0.0400. The Morgan fingerprint density at radius 2 is 1.31 bits per heavy atom. The Balaban J connectivity index is 1.50. The van der Waals surface area contributed by atoms with Gasteiger partial charge in [-0.25, -0.2) is 0 Å². The highest BCUT2D eigenvalue weighted by Gasteiger charge is 2.27. The van der Waals surface area contributed by atoms with E-state index < -0.39 is 25.1 Å². The van der Waals surface area contributed by atoms with Crippen molar-refractivity contribution in [3.63, 3.8) is 0 Å². The second kappa shape index (κ2) is 8.95. The number of nitrogen functional groups attached to an aromatic ring is 1. The lowest BCUT2D eigenvalue weighted by Crippen LogP contribution is -2.01. The van der Waals surface area contributed by atoms with Gasteiger partial charge in [0.05, 0.1) is 9.79 Å². The Morgan fingerprint density at radius 1 is 0.722 bits per heavy atom. The van der Waals surface area contributed by atoms with Crippen molar-refractivity contribution in [3.05, 3.63) is 90.0 Å². The van der Waals surface area contributed by atoms with Crippen LogP contribution in [0.1, 0.15) is 11.1 Å². The topological polar surface area (TPSA) is 144 Å². The third-order valence-electron chi connectivity index (χ3n) is 5.68. The highest BCUT2D eigenvalue weighted by Crippen LogP contribution is 2.45. The summed E-state index contributed by atoms with van der Waals surface area (Å²) in [6.45, 7) is 0. The van der Waals surface area contributed by atoms with Gasteiger partial charge in [0, 0.05) is 33.5 Å². The van der Waals surface area contributed by atoms with Gasteiger partial charge in [-0.05, 0) is 83.4 Å². The van der Waals surface area contributed by atoms with E-state index in [2.05, 4.69) is 0 Å². The van der Waals surface area contributed by atoms with Crippen LogP contribution >= 0.6 is 11.8 Å². The van der Waals surface area contributed by atoms with Crippen molar-refractivity contribution in [2.75, 3.05) is 5.73 Å². The lowest BCUT2D eigenvalue weighted by Gasteiger charge is -2.13. The first kappa shape index (κ1) is 24.3. The van der Waals surface area contributed by atoms with E-state index in [1.165, 1.54) is 36.0 Å². The molecule has 4 N–H and O–H groups in total. The van der Waals surface area contributed by atoms with E-state index in [1.807, 2.05) is 36.4 Å². The lowest BCUT2D eigenvalue weighted by molar-refractivity contribution is 0.469. The third-order valence-corrected chi connectivity index (χ3v) is 8.38. The van der Waals surface area contributed by atoms with Crippen molar-refractivity contribution in [2.45, 2.75) is 26.0 Å². The number of ether oxygens (including phenoxy) is 1. The van der Waals surface area contributed by atoms with Crippen LogP contribution < -0.4 is 10.5 Å². The molecule has 0 aromatic heterocycles. The van der Waals surface area contributed by atoms with Crippen molar-refractivity contribution in [1.82, 2.24) is 0 Å². The minimum Gasteiger partial charge on any atom is -0.457 e. The zero-order valence-electron chi connectivity index (χ0n) is 18.5. The summed E-state index contributed by atoms with van der Waals surface area (Å²) in [4.78, 5) is 1.26. The molecule has 0 radical (unpaired) electrons. The van der Waals surface area contributed by atoms with Gasteiger partial charge in [0.15, 0.2) is 0 Å². The molecule has 184 valence electrons.